The molecule has 1 saturated heterocycles. The van der Waals surface area contributed by atoms with E-state index in [-0.39, 0.29) is 35.2 Å². The SMILES string of the molecule is COc1cccc([C@H]2C3=CCn4c(=O)n(-c5ccccc5)c(=O)n4[C@@H]3C[C@H]3C(=O)N(c4ccc(F)c(Cl)c4)C(=O)[C@@]23C)c1O. The summed E-state index contributed by atoms with van der Waals surface area (Å²) in [6.45, 7) is 1.70. The van der Waals surface area contributed by atoms with Crippen LogP contribution in [0.3, 0.4) is 0 Å². The van der Waals surface area contributed by atoms with Gasteiger partial charge in [0.25, 0.3) is 0 Å². The van der Waals surface area contributed by atoms with Crippen LogP contribution in [0.15, 0.2) is 88.0 Å². The normalized spacial score (nSPS) is 24.0. The van der Waals surface area contributed by atoms with Gasteiger partial charge in [-0.1, -0.05) is 48.0 Å². The van der Waals surface area contributed by atoms with E-state index in [1.54, 1.807) is 61.5 Å². The fourth-order valence-electron chi connectivity index (χ4n) is 7.23. The van der Waals surface area contributed by atoms with Gasteiger partial charge in [-0.15, -0.1) is 0 Å². The number of carbonyl (C=O) groups excluding carboxylic acids is 2. The van der Waals surface area contributed by atoms with E-state index in [1.165, 1.54) is 28.6 Å². The van der Waals surface area contributed by atoms with E-state index in [4.69, 9.17) is 16.3 Å². The second kappa shape index (κ2) is 9.81. The maximum Gasteiger partial charge on any atom is 0.352 e. The quantitative estimate of drug-likeness (QED) is 0.272. The summed E-state index contributed by atoms with van der Waals surface area (Å²) in [7, 11) is 1.40. The molecule has 224 valence electrons. The molecule has 2 amide bonds. The minimum Gasteiger partial charge on any atom is -0.504 e. The van der Waals surface area contributed by atoms with E-state index in [2.05, 4.69) is 0 Å². The average molecular weight is 617 g/mol. The molecule has 44 heavy (non-hydrogen) atoms. The molecule has 2 aliphatic heterocycles. The first-order chi connectivity index (χ1) is 21.1. The van der Waals surface area contributed by atoms with Crippen LogP contribution < -0.4 is 21.0 Å². The van der Waals surface area contributed by atoms with E-state index in [0.717, 1.165) is 15.5 Å². The number of nitrogens with zero attached hydrogens (tertiary/aromatic N) is 4. The fraction of sp³-hybridized carbons (Fsp3) is 0.250. The number of ether oxygens (including phenoxy) is 1. The molecule has 1 N–H and O–H groups in total. The molecule has 1 aliphatic carbocycles. The smallest absolute Gasteiger partial charge is 0.352 e. The molecule has 4 aromatic rings. The summed E-state index contributed by atoms with van der Waals surface area (Å²) in [5.41, 5.74) is -1.11. The lowest BCUT2D eigenvalue weighted by atomic mass is 9.56. The number of amides is 2. The summed E-state index contributed by atoms with van der Waals surface area (Å²) < 4.78 is 23.2. The molecule has 4 atom stereocenters. The molecule has 7 rings (SSSR count). The maximum atomic E-state index is 14.4. The van der Waals surface area contributed by atoms with Crippen LogP contribution in [0.1, 0.15) is 30.9 Å². The van der Waals surface area contributed by atoms with Gasteiger partial charge in [0.05, 0.1) is 47.4 Å². The van der Waals surface area contributed by atoms with Gasteiger partial charge >= 0.3 is 11.4 Å². The molecule has 12 heteroatoms. The van der Waals surface area contributed by atoms with E-state index < -0.39 is 52.3 Å². The number of carbonyl (C=O) groups is 2. The number of halogens is 2. The predicted octanol–water partition coefficient (Wildman–Crippen LogP) is 4.17. The van der Waals surface area contributed by atoms with Gasteiger partial charge in [0.15, 0.2) is 11.5 Å². The van der Waals surface area contributed by atoms with E-state index >= 15 is 0 Å². The second-order valence-electron chi connectivity index (χ2n) is 11.4. The number of hydrogen-bond donors (Lipinski definition) is 1. The Hall–Kier alpha value is -4.90. The molecule has 3 aromatic carbocycles. The van der Waals surface area contributed by atoms with Gasteiger partial charge in [-0.3, -0.25) is 9.59 Å². The summed E-state index contributed by atoms with van der Waals surface area (Å²) in [4.78, 5) is 57.2. The van der Waals surface area contributed by atoms with Crippen LogP contribution in [-0.2, 0) is 16.1 Å². The van der Waals surface area contributed by atoms with Crippen LogP contribution in [0, 0.1) is 17.2 Å². The topological polar surface area (TPSA) is 116 Å². The number of methoxy groups -OCH3 is 1. The Balaban J connectivity index is 1.46. The van der Waals surface area contributed by atoms with Crippen molar-refractivity contribution in [1.29, 1.82) is 0 Å². The number of imide groups is 1. The molecule has 1 saturated carbocycles. The molecule has 0 radical (unpaired) electrons. The summed E-state index contributed by atoms with van der Waals surface area (Å²) in [5.74, 6) is -3.72. The number of anilines is 1. The number of hydrogen-bond acceptors (Lipinski definition) is 6. The Bertz CT molecular complexity index is 2030. The van der Waals surface area contributed by atoms with Gasteiger partial charge in [-0.25, -0.2) is 32.8 Å². The van der Waals surface area contributed by atoms with Crippen molar-refractivity contribution in [3.63, 3.8) is 0 Å². The minimum atomic E-state index is -1.43. The first kappa shape index (κ1) is 27.9. The van der Waals surface area contributed by atoms with E-state index in [9.17, 15) is 28.7 Å². The number of allylic oxidation sites excluding steroid dienone is 2. The highest BCUT2D eigenvalue weighted by Crippen LogP contribution is 2.62. The molecule has 3 aliphatic rings. The van der Waals surface area contributed by atoms with Crippen molar-refractivity contribution >= 4 is 29.1 Å². The first-order valence-electron chi connectivity index (χ1n) is 14.0. The third kappa shape index (κ3) is 3.65. The number of phenols is 1. The Morgan fingerprint density at radius 2 is 1.73 bits per heavy atom. The van der Waals surface area contributed by atoms with Crippen LogP contribution in [0.5, 0.6) is 11.5 Å². The molecule has 3 heterocycles. The second-order valence-corrected chi connectivity index (χ2v) is 11.8. The Labute approximate surface area is 254 Å². The molecular formula is C32H26ClFN4O6. The minimum absolute atomic E-state index is 0.0255. The van der Waals surface area contributed by atoms with Gasteiger partial charge in [-0.05, 0) is 55.3 Å². The van der Waals surface area contributed by atoms with Gasteiger partial charge < -0.3 is 9.84 Å². The number of para-hydroxylation sites is 2. The largest absolute Gasteiger partial charge is 0.504 e. The maximum absolute atomic E-state index is 14.4. The van der Waals surface area contributed by atoms with Gasteiger partial charge in [0.2, 0.25) is 11.8 Å². The Kier molecular flexibility index (Phi) is 6.22. The Morgan fingerprint density at radius 3 is 2.43 bits per heavy atom. The van der Waals surface area contributed by atoms with Crippen LogP contribution in [0.2, 0.25) is 5.02 Å². The van der Waals surface area contributed by atoms with Crippen molar-refractivity contribution in [1.82, 2.24) is 13.9 Å². The van der Waals surface area contributed by atoms with Crippen LogP contribution in [0.25, 0.3) is 5.69 Å². The number of fused-ring (bicyclic) bond motifs is 4. The van der Waals surface area contributed by atoms with E-state index in [0.29, 0.717) is 16.8 Å². The molecular weight excluding hydrogens is 591 g/mol. The molecule has 1 aromatic heterocycles. The third-order valence-corrected chi connectivity index (χ3v) is 9.56. The molecule has 2 fully saturated rings. The fourth-order valence-corrected chi connectivity index (χ4v) is 7.40. The first-order valence-corrected chi connectivity index (χ1v) is 14.4. The van der Waals surface area contributed by atoms with Gasteiger partial charge in [0, 0.05) is 11.5 Å². The zero-order chi connectivity index (χ0) is 31.1. The zero-order valence-electron chi connectivity index (χ0n) is 23.6. The summed E-state index contributed by atoms with van der Waals surface area (Å²) in [6, 6.07) is 16.3. The zero-order valence-corrected chi connectivity index (χ0v) is 24.4. The molecule has 0 unspecified atom stereocenters. The number of phenolic OH excluding ortho intramolecular Hbond substituents is 1. The monoisotopic (exact) mass is 616 g/mol. The summed E-state index contributed by atoms with van der Waals surface area (Å²) in [5, 5.41) is 11.1. The molecule has 10 nitrogen and oxygen atoms in total. The van der Waals surface area contributed by atoms with Gasteiger partial charge in [-0.2, -0.15) is 0 Å². The Morgan fingerprint density at radius 1 is 0.977 bits per heavy atom. The van der Waals surface area contributed by atoms with Crippen molar-refractivity contribution in [2.45, 2.75) is 31.8 Å². The van der Waals surface area contributed by atoms with Gasteiger partial charge in [0.1, 0.15) is 5.82 Å². The van der Waals surface area contributed by atoms with Crippen molar-refractivity contribution in [3.8, 4) is 17.2 Å². The predicted molar refractivity (Wildman–Crippen MR) is 159 cm³/mol. The van der Waals surface area contributed by atoms with Crippen LogP contribution >= 0.6 is 11.6 Å². The lowest BCUT2D eigenvalue weighted by Gasteiger charge is -2.47. The third-order valence-electron chi connectivity index (χ3n) is 9.27. The van der Waals surface area contributed by atoms with Crippen molar-refractivity contribution in [2.75, 3.05) is 12.0 Å². The summed E-state index contributed by atoms with van der Waals surface area (Å²) in [6.07, 6.45) is 1.82. The van der Waals surface area contributed by atoms with Crippen molar-refractivity contribution in [3.05, 3.63) is 116 Å². The van der Waals surface area contributed by atoms with Crippen LogP contribution in [0.4, 0.5) is 10.1 Å². The van der Waals surface area contributed by atoms with Crippen LogP contribution in [-0.4, -0.2) is 38.0 Å². The standard InChI is InChI=1S/C32H26ClFN4O6/c1-32-21(28(40)36(29(32)41)18-11-12-23(34)22(33)15-18)16-24-19(26(32)20-9-6-10-25(44-2)27(20)39)13-14-35-30(42)37(31(43)38(24)35)17-7-4-3-5-8-17/h3-13,15,21,24,26,39H,14,16H2,1-2H3/t21-,24+,26+,32+/m0/s1. The number of aromatic nitrogens is 3. The van der Waals surface area contributed by atoms with E-state index in [1.807, 2.05) is 0 Å². The highest BCUT2D eigenvalue weighted by Gasteiger charge is 2.66. The van der Waals surface area contributed by atoms with Crippen molar-refractivity contribution in [2.24, 2.45) is 11.3 Å². The highest BCUT2D eigenvalue weighted by molar-refractivity contribution is 6.31. The van der Waals surface area contributed by atoms with Crippen molar-refractivity contribution < 1.29 is 23.8 Å². The summed E-state index contributed by atoms with van der Waals surface area (Å²) >= 11 is 6.04. The number of aromatic hydroxyl groups is 1. The molecule has 0 spiro atoms. The number of benzene rings is 3. The number of rotatable bonds is 4. The lowest BCUT2D eigenvalue weighted by molar-refractivity contribution is -0.129. The molecule has 0 bridgehead atoms. The lowest BCUT2D eigenvalue weighted by Crippen LogP contribution is -2.49. The highest BCUT2D eigenvalue weighted by atomic mass is 35.5. The average Bonchev–Trinajstić information content (AvgIpc) is 3.39.